The maximum atomic E-state index is 13.1. The van der Waals surface area contributed by atoms with Gasteiger partial charge in [-0.15, -0.1) is 0 Å². The lowest BCUT2D eigenvalue weighted by molar-refractivity contribution is 0.0756. The molecule has 1 aromatic heterocycles. The molecular formula is C21H28N4O2. The van der Waals surface area contributed by atoms with Crippen molar-refractivity contribution in [3.05, 3.63) is 35.7 Å². The van der Waals surface area contributed by atoms with Gasteiger partial charge in [0, 0.05) is 18.0 Å². The van der Waals surface area contributed by atoms with Crippen molar-refractivity contribution in [1.29, 1.82) is 0 Å². The average molecular weight is 368 g/mol. The third kappa shape index (κ3) is 3.63. The quantitative estimate of drug-likeness (QED) is 0.861. The first kappa shape index (κ1) is 18.2. The molecule has 2 aliphatic rings. The number of carbonyl (C=O) groups is 1. The highest BCUT2D eigenvalue weighted by atomic mass is 16.5. The Morgan fingerprint density at radius 3 is 2.59 bits per heavy atom. The van der Waals surface area contributed by atoms with E-state index in [4.69, 9.17) is 10.3 Å². The van der Waals surface area contributed by atoms with Crippen molar-refractivity contribution in [3.8, 4) is 11.5 Å². The molecule has 1 aromatic carbocycles. The van der Waals surface area contributed by atoms with Gasteiger partial charge in [0.15, 0.2) is 5.82 Å². The maximum absolute atomic E-state index is 13.1. The fourth-order valence-corrected chi connectivity index (χ4v) is 4.70. The summed E-state index contributed by atoms with van der Waals surface area (Å²) >= 11 is 0. The van der Waals surface area contributed by atoms with Gasteiger partial charge in [-0.25, -0.2) is 0 Å². The van der Waals surface area contributed by atoms with E-state index in [1.807, 2.05) is 38.1 Å². The van der Waals surface area contributed by atoms with E-state index in [2.05, 4.69) is 15.5 Å². The van der Waals surface area contributed by atoms with Crippen LogP contribution in [0.2, 0.25) is 0 Å². The first-order valence-corrected chi connectivity index (χ1v) is 10.0. The lowest BCUT2D eigenvalue weighted by Gasteiger charge is -2.45. The summed E-state index contributed by atoms with van der Waals surface area (Å²) in [4.78, 5) is 17.6. The number of amides is 1. The smallest absolute Gasteiger partial charge is 0.258 e. The van der Waals surface area contributed by atoms with Crippen LogP contribution in [0.25, 0.3) is 11.5 Å². The van der Waals surface area contributed by atoms with Crippen LogP contribution in [0, 0.1) is 11.8 Å². The zero-order valence-corrected chi connectivity index (χ0v) is 16.0. The van der Waals surface area contributed by atoms with Crippen LogP contribution >= 0.6 is 0 Å². The van der Waals surface area contributed by atoms with Crippen molar-refractivity contribution in [2.24, 2.45) is 17.6 Å². The summed E-state index contributed by atoms with van der Waals surface area (Å²) in [5.41, 5.74) is 7.49. The third-order valence-electron chi connectivity index (χ3n) is 6.03. The molecule has 1 amide bonds. The van der Waals surface area contributed by atoms with E-state index in [1.165, 1.54) is 6.42 Å². The molecule has 2 saturated carbocycles. The first-order chi connectivity index (χ1) is 13.0. The zero-order valence-electron chi connectivity index (χ0n) is 16.0. The lowest BCUT2D eigenvalue weighted by Crippen LogP contribution is -2.53. The molecule has 144 valence electrons. The van der Waals surface area contributed by atoms with Crippen LogP contribution in [-0.2, 0) is 0 Å². The van der Waals surface area contributed by atoms with Crippen LogP contribution in [0.4, 0.5) is 0 Å². The Morgan fingerprint density at radius 1 is 1.22 bits per heavy atom. The molecule has 6 heteroatoms. The molecule has 1 heterocycles. The largest absolute Gasteiger partial charge is 0.349 e. The fourth-order valence-electron chi connectivity index (χ4n) is 4.70. The highest BCUT2D eigenvalue weighted by Crippen LogP contribution is 2.40. The van der Waals surface area contributed by atoms with Crippen LogP contribution < -0.4 is 11.1 Å². The van der Waals surface area contributed by atoms with Crippen LogP contribution in [-0.4, -0.2) is 28.1 Å². The minimum Gasteiger partial charge on any atom is -0.349 e. The van der Waals surface area contributed by atoms with Crippen LogP contribution in [0.3, 0.4) is 0 Å². The molecule has 2 atom stereocenters. The van der Waals surface area contributed by atoms with Crippen molar-refractivity contribution >= 4 is 5.91 Å². The van der Waals surface area contributed by atoms with Crippen LogP contribution in [0.5, 0.6) is 0 Å². The predicted octanol–water partition coefficient (Wildman–Crippen LogP) is 3.50. The SMILES string of the molecule is CC(C)c1noc(-c2ccccc2C(=O)NC2C3CCCC2CC(N)C3)n1. The van der Waals surface area contributed by atoms with Gasteiger partial charge < -0.3 is 15.6 Å². The second-order valence-corrected chi connectivity index (χ2v) is 8.34. The Morgan fingerprint density at radius 2 is 1.93 bits per heavy atom. The van der Waals surface area contributed by atoms with E-state index in [-0.39, 0.29) is 23.9 Å². The molecule has 0 radical (unpaired) electrons. The molecule has 2 unspecified atom stereocenters. The molecule has 2 aromatic rings. The van der Waals surface area contributed by atoms with Crippen LogP contribution in [0.15, 0.2) is 28.8 Å². The van der Waals surface area contributed by atoms with E-state index in [9.17, 15) is 4.79 Å². The van der Waals surface area contributed by atoms with Crippen molar-refractivity contribution in [2.45, 2.75) is 64.0 Å². The second kappa shape index (κ2) is 7.43. The number of rotatable bonds is 4. The lowest BCUT2D eigenvalue weighted by atomic mass is 9.67. The first-order valence-electron chi connectivity index (χ1n) is 10.0. The molecule has 4 rings (SSSR count). The second-order valence-electron chi connectivity index (χ2n) is 8.34. The van der Waals surface area contributed by atoms with Gasteiger partial charge in [-0.05, 0) is 49.7 Å². The summed E-state index contributed by atoms with van der Waals surface area (Å²) in [5, 5.41) is 7.34. The normalized spacial score (nSPS) is 27.6. The Balaban J connectivity index is 1.57. The number of hydrogen-bond acceptors (Lipinski definition) is 5. The number of nitrogens with zero attached hydrogens (tertiary/aromatic N) is 2. The summed E-state index contributed by atoms with van der Waals surface area (Å²) in [5.74, 6) is 2.13. The highest BCUT2D eigenvalue weighted by molar-refractivity contribution is 6.00. The van der Waals surface area contributed by atoms with Crippen molar-refractivity contribution < 1.29 is 9.32 Å². The Labute approximate surface area is 159 Å². The van der Waals surface area contributed by atoms with Gasteiger partial charge in [-0.2, -0.15) is 4.98 Å². The molecule has 2 aliphatic carbocycles. The average Bonchev–Trinajstić information content (AvgIpc) is 3.13. The number of fused-ring (bicyclic) bond motifs is 2. The number of aromatic nitrogens is 2. The molecule has 2 fully saturated rings. The van der Waals surface area contributed by atoms with Gasteiger partial charge in [-0.1, -0.05) is 37.6 Å². The topological polar surface area (TPSA) is 94.0 Å². The minimum atomic E-state index is -0.0627. The Kier molecular flexibility index (Phi) is 5.00. The van der Waals surface area contributed by atoms with Gasteiger partial charge in [0.2, 0.25) is 0 Å². The molecule has 0 aliphatic heterocycles. The number of hydrogen-bond donors (Lipinski definition) is 2. The summed E-state index contributed by atoms with van der Waals surface area (Å²) in [6.07, 6.45) is 5.55. The number of nitrogens with two attached hydrogens (primary N) is 1. The van der Waals surface area contributed by atoms with Crippen molar-refractivity contribution in [2.75, 3.05) is 0 Å². The van der Waals surface area contributed by atoms with E-state index < -0.39 is 0 Å². The fraction of sp³-hybridized carbons (Fsp3) is 0.571. The molecule has 2 bridgehead atoms. The maximum Gasteiger partial charge on any atom is 0.258 e. The van der Waals surface area contributed by atoms with Gasteiger partial charge in [-0.3, -0.25) is 4.79 Å². The number of carbonyl (C=O) groups excluding carboxylic acids is 1. The summed E-state index contributed by atoms with van der Waals surface area (Å²) in [6, 6.07) is 7.94. The van der Waals surface area contributed by atoms with E-state index in [0.717, 1.165) is 25.7 Å². The van der Waals surface area contributed by atoms with Gasteiger partial charge in [0.05, 0.1) is 11.1 Å². The van der Waals surface area contributed by atoms with E-state index in [0.29, 0.717) is 34.7 Å². The molecule has 0 saturated heterocycles. The summed E-state index contributed by atoms with van der Waals surface area (Å²) in [6.45, 7) is 4.03. The summed E-state index contributed by atoms with van der Waals surface area (Å²) in [7, 11) is 0. The number of benzene rings is 1. The standard InChI is InChI=1S/C21H28N4O2/c1-12(2)19-24-21(27-25-19)17-9-4-3-8-16(17)20(26)23-18-13-6-5-7-14(18)11-15(22)10-13/h3-4,8-9,12-15,18H,5-7,10-11,22H2,1-2H3,(H,23,26). The molecule has 27 heavy (non-hydrogen) atoms. The van der Waals surface area contributed by atoms with Crippen molar-refractivity contribution in [3.63, 3.8) is 0 Å². The van der Waals surface area contributed by atoms with Crippen LogP contribution in [0.1, 0.15) is 68.1 Å². The highest BCUT2D eigenvalue weighted by Gasteiger charge is 2.40. The molecule has 6 nitrogen and oxygen atoms in total. The van der Waals surface area contributed by atoms with E-state index >= 15 is 0 Å². The van der Waals surface area contributed by atoms with Gasteiger partial charge in [0.25, 0.3) is 11.8 Å². The Hall–Kier alpha value is -2.21. The predicted molar refractivity (Wildman–Crippen MR) is 103 cm³/mol. The van der Waals surface area contributed by atoms with Crippen molar-refractivity contribution in [1.82, 2.24) is 15.5 Å². The molecular weight excluding hydrogens is 340 g/mol. The zero-order chi connectivity index (χ0) is 19.0. The summed E-state index contributed by atoms with van der Waals surface area (Å²) < 4.78 is 5.42. The molecule has 0 spiro atoms. The van der Waals surface area contributed by atoms with Gasteiger partial charge >= 0.3 is 0 Å². The number of nitrogens with one attached hydrogen (secondary N) is 1. The monoisotopic (exact) mass is 368 g/mol. The third-order valence-corrected chi connectivity index (χ3v) is 6.03. The Bertz CT molecular complexity index is 802. The van der Waals surface area contributed by atoms with E-state index in [1.54, 1.807) is 0 Å². The van der Waals surface area contributed by atoms with Gasteiger partial charge in [0.1, 0.15) is 0 Å². The molecule has 3 N–H and O–H groups in total. The minimum absolute atomic E-state index is 0.0627.